The summed E-state index contributed by atoms with van der Waals surface area (Å²) in [6.07, 6.45) is -0.467. The number of esters is 2. The fourth-order valence-corrected chi connectivity index (χ4v) is 3.60. The molecule has 3 rings (SSSR count). The average molecular weight is 403 g/mol. The van der Waals surface area contributed by atoms with Crippen molar-refractivity contribution in [1.82, 2.24) is 4.90 Å². The molecule has 1 aromatic carbocycles. The fourth-order valence-electron chi connectivity index (χ4n) is 3.60. The second-order valence-corrected chi connectivity index (χ2v) is 8.35. The van der Waals surface area contributed by atoms with E-state index in [2.05, 4.69) is 0 Å². The van der Waals surface area contributed by atoms with E-state index in [1.807, 2.05) is 0 Å². The number of rotatable bonds is 5. The summed E-state index contributed by atoms with van der Waals surface area (Å²) in [5.74, 6) is -2.17. The van der Waals surface area contributed by atoms with E-state index >= 15 is 0 Å². The Hall–Kier alpha value is -2.87. The van der Waals surface area contributed by atoms with Crippen molar-refractivity contribution >= 4 is 23.4 Å². The van der Waals surface area contributed by atoms with Crippen molar-refractivity contribution in [2.45, 2.75) is 46.3 Å². The summed E-state index contributed by atoms with van der Waals surface area (Å²) in [7, 11) is 0. The van der Waals surface area contributed by atoms with Crippen LogP contribution in [0.15, 0.2) is 30.0 Å². The first kappa shape index (κ1) is 20.9. The number of phenols is 1. The van der Waals surface area contributed by atoms with Crippen LogP contribution in [-0.4, -0.2) is 51.9 Å². The molecule has 1 saturated heterocycles. The summed E-state index contributed by atoms with van der Waals surface area (Å²) >= 11 is 0. The van der Waals surface area contributed by atoms with Crippen LogP contribution in [0, 0.1) is 11.3 Å². The number of phenolic OH excluding ortho intramolecular Hbond substituents is 1. The highest BCUT2D eigenvalue weighted by Crippen LogP contribution is 2.47. The van der Waals surface area contributed by atoms with Crippen LogP contribution in [-0.2, 0) is 23.9 Å². The van der Waals surface area contributed by atoms with Gasteiger partial charge in [0.2, 0.25) is 12.7 Å². The molecule has 2 heterocycles. The van der Waals surface area contributed by atoms with E-state index in [0.717, 1.165) is 0 Å². The van der Waals surface area contributed by atoms with Gasteiger partial charge in [0.25, 0.3) is 0 Å². The lowest BCUT2D eigenvalue weighted by atomic mass is 9.82. The number of aliphatic hydroxyl groups is 1. The van der Waals surface area contributed by atoms with E-state index in [0.29, 0.717) is 17.6 Å². The van der Waals surface area contributed by atoms with Gasteiger partial charge in [0, 0.05) is 0 Å². The fraction of sp³-hybridized carbons (Fsp3) is 0.476. The van der Waals surface area contributed by atoms with Crippen molar-refractivity contribution in [3.05, 3.63) is 35.5 Å². The van der Waals surface area contributed by atoms with Gasteiger partial charge in [0.15, 0.2) is 0 Å². The number of carbonyl (C=O) groups excluding carboxylic acids is 3. The third kappa shape index (κ3) is 3.85. The number of carbonyl (C=O) groups is 3. The smallest absolute Gasteiger partial charge is 0.358 e. The third-order valence-electron chi connectivity index (χ3n) is 5.13. The maximum atomic E-state index is 12.8. The molecule has 0 saturated carbocycles. The second-order valence-electron chi connectivity index (χ2n) is 8.35. The zero-order valence-corrected chi connectivity index (χ0v) is 16.8. The minimum Gasteiger partial charge on any atom is -0.508 e. The molecule has 8 nitrogen and oxygen atoms in total. The molecule has 1 aromatic rings. The molecule has 156 valence electrons. The Bertz CT molecular complexity index is 864. The van der Waals surface area contributed by atoms with Crippen LogP contribution in [0.4, 0.5) is 0 Å². The van der Waals surface area contributed by atoms with Gasteiger partial charge in [-0.1, -0.05) is 12.1 Å². The van der Waals surface area contributed by atoms with Crippen molar-refractivity contribution in [1.29, 1.82) is 0 Å². The molecule has 0 unspecified atom stereocenters. The zero-order chi connectivity index (χ0) is 21.5. The van der Waals surface area contributed by atoms with Gasteiger partial charge >= 0.3 is 11.9 Å². The van der Waals surface area contributed by atoms with E-state index in [1.54, 1.807) is 39.8 Å². The number of benzene rings is 1. The summed E-state index contributed by atoms with van der Waals surface area (Å²) in [4.78, 5) is 38.5. The van der Waals surface area contributed by atoms with Crippen molar-refractivity contribution < 1.29 is 34.1 Å². The number of aromatic hydroxyl groups is 1. The Morgan fingerprint density at radius 1 is 1.21 bits per heavy atom. The number of hydrogen-bond donors (Lipinski definition) is 2. The predicted octanol–water partition coefficient (Wildman–Crippen LogP) is 1.80. The Labute approximate surface area is 168 Å². The first-order chi connectivity index (χ1) is 13.5. The quantitative estimate of drug-likeness (QED) is 0.438. The summed E-state index contributed by atoms with van der Waals surface area (Å²) in [5.41, 5.74) is 0.584. The van der Waals surface area contributed by atoms with Crippen molar-refractivity contribution in [2.24, 2.45) is 11.3 Å². The lowest BCUT2D eigenvalue weighted by molar-refractivity contribution is -0.175. The highest BCUT2D eigenvalue weighted by atomic mass is 16.7. The highest BCUT2D eigenvalue weighted by Gasteiger charge is 2.57. The maximum absolute atomic E-state index is 12.8. The lowest BCUT2D eigenvalue weighted by Gasteiger charge is -2.44. The van der Waals surface area contributed by atoms with Crippen molar-refractivity contribution in [2.75, 3.05) is 6.79 Å². The van der Waals surface area contributed by atoms with Gasteiger partial charge < -0.3 is 24.6 Å². The van der Waals surface area contributed by atoms with Gasteiger partial charge in [0.1, 0.15) is 11.4 Å². The Morgan fingerprint density at radius 3 is 2.38 bits per heavy atom. The molecule has 0 bridgehead atoms. The van der Waals surface area contributed by atoms with Crippen LogP contribution < -0.4 is 0 Å². The molecule has 2 N–H and O–H groups in total. The maximum Gasteiger partial charge on any atom is 0.358 e. The van der Waals surface area contributed by atoms with E-state index in [4.69, 9.17) is 9.47 Å². The van der Waals surface area contributed by atoms with Crippen LogP contribution in [0.3, 0.4) is 0 Å². The normalized spacial score (nSPS) is 22.1. The van der Waals surface area contributed by atoms with E-state index in [1.165, 1.54) is 17.0 Å². The van der Waals surface area contributed by atoms with Gasteiger partial charge in [-0.05, 0) is 57.4 Å². The number of nitrogens with zero attached hydrogens (tertiary/aromatic N) is 1. The highest BCUT2D eigenvalue weighted by molar-refractivity contribution is 6.06. The van der Waals surface area contributed by atoms with E-state index < -0.39 is 36.2 Å². The van der Waals surface area contributed by atoms with Crippen LogP contribution in [0.2, 0.25) is 0 Å². The molecular weight excluding hydrogens is 378 g/mol. The van der Waals surface area contributed by atoms with E-state index in [9.17, 15) is 24.6 Å². The molecule has 0 aliphatic carbocycles. The molecule has 8 heteroatoms. The summed E-state index contributed by atoms with van der Waals surface area (Å²) in [5, 5.41) is 19.4. The number of amides is 1. The molecular formula is C21H25NO7. The molecule has 1 fully saturated rings. The average Bonchev–Trinajstić information content (AvgIpc) is 2.96. The predicted molar refractivity (Wildman–Crippen MR) is 102 cm³/mol. The monoisotopic (exact) mass is 403 g/mol. The van der Waals surface area contributed by atoms with Gasteiger partial charge in [-0.3, -0.25) is 9.59 Å². The van der Waals surface area contributed by atoms with Crippen molar-refractivity contribution in [3.8, 4) is 5.75 Å². The molecule has 0 radical (unpaired) electrons. The van der Waals surface area contributed by atoms with E-state index in [-0.39, 0.29) is 23.4 Å². The summed E-state index contributed by atoms with van der Waals surface area (Å²) < 4.78 is 10.1. The molecule has 2 aliphatic heterocycles. The summed E-state index contributed by atoms with van der Waals surface area (Å²) in [6, 6.07) is 5.92. The molecule has 2 aliphatic rings. The van der Waals surface area contributed by atoms with Crippen LogP contribution >= 0.6 is 0 Å². The number of ether oxygens (including phenoxy) is 2. The Kier molecular flexibility index (Phi) is 5.40. The minimum absolute atomic E-state index is 0.0757. The molecule has 29 heavy (non-hydrogen) atoms. The Balaban J connectivity index is 1.83. The molecule has 3 atom stereocenters. The summed E-state index contributed by atoms with van der Waals surface area (Å²) in [6.45, 7) is 6.02. The van der Waals surface area contributed by atoms with Crippen LogP contribution in [0.25, 0.3) is 5.57 Å². The molecule has 1 amide bonds. The lowest BCUT2D eigenvalue weighted by Crippen LogP contribution is -2.61. The standard InChI is InChI=1S/C21H25NO7/c1-11(23)16-15-9-14(12-5-7-13(24)8-6-12)17(22(15)18(16)25)19(26)28-10-29-20(27)21(2,3)4/h5-8,11,15-16,23-24H,9-10H2,1-4H3/t11-,15-,16-/m1/s1. The topological polar surface area (TPSA) is 113 Å². The SMILES string of the molecule is C[C@@H](O)[C@H]1C(=O)N2C(C(=O)OCOC(=O)C(C)(C)C)=C(c3ccc(O)cc3)C[C@H]12. The van der Waals surface area contributed by atoms with Crippen molar-refractivity contribution in [3.63, 3.8) is 0 Å². The van der Waals surface area contributed by atoms with Gasteiger partial charge in [0.05, 0.1) is 23.5 Å². The zero-order valence-electron chi connectivity index (χ0n) is 16.8. The minimum atomic E-state index is -0.840. The largest absolute Gasteiger partial charge is 0.508 e. The van der Waals surface area contributed by atoms with Gasteiger partial charge in [-0.25, -0.2) is 4.79 Å². The number of β-lactam (4-membered cyclic amide) rings is 1. The first-order valence-corrected chi connectivity index (χ1v) is 9.40. The van der Waals surface area contributed by atoms with Crippen LogP contribution in [0.1, 0.15) is 39.7 Å². The van der Waals surface area contributed by atoms with Crippen LogP contribution in [0.5, 0.6) is 5.75 Å². The van der Waals surface area contributed by atoms with Gasteiger partial charge in [-0.15, -0.1) is 0 Å². The van der Waals surface area contributed by atoms with Gasteiger partial charge in [-0.2, -0.15) is 0 Å². The number of hydrogen-bond acceptors (Lipinski definition) is 7. The Morgan fingerprint density at radius 2 is 1.83 bits per heavy atom. The molecule has 0 spiro atoms. The molecule has 0 aromatic heterocycles. The third-order valence-corrected chi connectivity index (χ3v) is 5.13. The number of aliphatic hydroxyl groups excluding tert-OH is 1. The second kappa shape index (κ2) is 7.51. The number of fused-ring (bicyclic) bond motifs is 1. The first-order valence-electron chi connectivity index (χ1n) is 9.40.